The third-order valence-corrected chi connectivity index (χ3v) is 2.69. The Balaban J connectivity index is 2.22. The minimum Gasteiger partial charge on any atom is -0.384 e. The van der Waals surface area contributed by atoms with Crippen LogP contribution in [0.4, 0.5) is 19.0 Å². The molecule has 0 atom stereocenters. The van der Waals surface area contributed by atoms with Crippen molar-refractivity contribution in [3.63, 3.8) is 0 Å². The van der Waals surface area contributed by atoms with Gasteiger partial charge in [0.2, 0.25) is 5.82 Å². The average molecular weight is 279 g/mol. The number of fused-ring (bicyclic) bond motifs is 1. The van der Waals surface area contributed by atoms with Gasteiger partial charge in [-0.25, -0.2) is 15.0 Å². The zero-order chi connectivity index (χ0) is 14.3. The number of alkyl halides is 3. The molecule has 0 bridgehead atoms. The normalized spacial score (nSPS) is 11.9. The van der Waals surface area contributed by atoms with E-state index >= 15 is 0 Å². The molecule has 0 unspecified atom stereocenters. The maximum atomic E-state index is 12.7. The molecule has 0 radical (unpaired) electrons. The predicted octanol–water partition coefficient (Wildman–Crippen LogP) is 2.42. The fraction of sp³-hybridized carbons (Fsp3) is 0.0833. The standard InChI is InChI=1S/C12H8F3N5/c13-12(14,15)11-18-9(16)5-10(19-11)20-6-17-7-3-1-2-4-8(7)20/h1-6H,(H2,16,18,19). The van der Waals surface area contributed by atoms with Gasteiger partial charge in [0.25, 0.3) is 0 Å². The first-order valence-electron chi connectivity index (χ1n) is 5.59. The maximum absolute atomic E-state index is 12.7. The lowest BCUT2D eigenvalue weighted by atomic mass is 10.3. The lowest BCUT2D eigenvalue weighted by Gasteiger charge is -2.09. The number of nitrogen functional groups attached to an aromatic ring is 1. The summed E-state index contributed by atoms with van der Waals surface area (Å²) in [6.07, 6.45) is -3.26. The van der Waals surface area contributed by atoms with Crippen LogP contribution in [0.1, 0.15) is 5.82 Å². The van der Waals surface area contributed by atoms with Crippen LogP contribution >= 0.6 is 0 Å². The van der Waals surface area contributed by atoms with E-state index in [2.05, 4.69) is 15.0 Å². The van der Waals surface area contributed by atoms with Gasteiger partial charge in [-0.1, -0.05) is 12.1 Å². The molecule has 2 heterocycles. The van der Waals surface area contributed by atoms with E-state index in [-0.39, 0.29) is 11.6 Å². The number of benzene rings is 1. The molecule has 3 rings (SSSR count). The van der Waals surface area contributed by atoms with E-state index in [1.54, 1.807) is 24.3 Å². The number of rotatable bonds is 1. The van der Waals surface area contributed by atoms with Crippen LogP contribution in [0.3, 0.4) is 0 Å². The first-order valence-corrected chi connectivity index (χ1v) is 5.59. The van der Waals surface area contributed by atoms with Gasteiger partial charge in [-0.3, -0.25) is 4.57 Å². The van der Waals surface area contributed by atoms with Crippen molar-refractivity contribution in [2.45, 2.75) is 6.18 Å². The molecule has 3 aromatic rings. The number of hydrogen-bond acceptors (Lipinski definition) is 4. The number of nitrogens with zero attached hydrogens (tertiary/aromatic N) is 4. The second-order valence-electron chi connectivity index (χ2n) is 4.08. The SMILES string of the molecule is Nc1cc(-n2cnc3ccccc32)nc(C(F)(F)F)n1. The Kier molecular flexibility index (Phi) is 2.60. The summed E-state index contributed by atoms with van der Waals surface area (Å²) < 4.78 is 39.5. The van der Waals surface area contributed by atoms with Gasteiger partial charge in [0.1, 0.15) is 18.0 Å². The maximum Gasteiger partial charge on any atom is 0.451 e. The van der Waals surface area contributed by atoms with Crippen molar-refractivity contribution in [3.8, 4) is 5.82 Å². The monoisotopic (exact) mass is 279 g/mol. The average Bonchev–Trinajstić information content (AvgIpc) is 2.80. The zero-order valence-electron chi connectivity index (χ0n) is 9.96. The van der Waals surface area contributed by atoms with Crippen LogP contribution in [-0.4, -0.2) is 19.5 Å². The Hall–Kier alpha value is -2.64. The van der Waals surface area contributed by atoms with E-state index in [9.17, 15) is 13.2 Å². The molecule has 0 fully saturated rings. The number of aromatic nitrogens is 4. The number of hydrogen-bond donors (Lipinski definition) is 1. The number of nitrogens with two attached hydrogens (primary N) is 1. The van der Waals surface area contributed by atoms with E-state index in [1.165, 1.54) is 17.0 Å². The molecular weight excluding hydrogens is 271 g/mol. The lowest BCUT2D eigenvalue weighted by Crippen LogP contribution is -2.14. The third-order valence-electron chi connectivity index (χ3n) is 2.69. The molecule has 2 aromatic heterocycles. The van der Waals surface area contributed by atoms with E-state index in [0.29, 0.717) is 11.0 Å². The van der Waals surface area contributed by atoms with Crippen molar-refractivity contribution >= 4 is 16.9 Å². The smallest absolute Gasteiger partial charge is 0.384 e. The molecule has 5 nitrogen and oxygen atoms in total. The molecule has 8 heteroatoms. The van der Waals surface area contributed by atoms with Gasteiger partial charge >= 0.3 is 6.18 Å². The Morgan fingerprint density at radius 1 is 1.10 bits per heavy atom. The van der Waals surface area contributed by atoms with Gasteiger partial charge in [0.05, 0.1) is 11.0 Å². The van der Waals surface area contributed by atoms with E-state index in [4.69, 9.17) is 5.73 Å². The summed E-state index contributed by atoms with van der Waals surface area (Å²) in [5, 5.41) is 0. The largest absolute Gasteiger partial charge is 0.451 e. The summed E-state index contributed by atoms with van der Waals surface area (Å²) in [6, 6.07) is 8.29. The van der Waals surface area contributed by atoms with Crippen LogP contribution in [0.15, 0.2) is 36.7 Å². The molecular formula is C12H8F3N5. The molecule has 20 heavy (non-hydrogen) atoms. The molecule has 0 aliphatic heterocycles. The van der Waals surface area contributed by atoms with Crippen LogP contribution in [-0.2, 0) is 6.18 Å². The fourth-order valence-corrected chi connectivity index (χ4v) is 1.84. The van der Waals surface area contributed by atoms with E-state index < -0.39 is 12.0 Å². The van der Waals surface area contributed by atoms with E-state index in [1.807, 2.05) is 0 Å². The second kappa shape index (κ2) is 4.19. The van der Waals surface area contributed by atoms with Gasteiger partial charge in [-0.15, -0.1) is 0 Å². The molecule has 0 saturated heterocycles. The van der Waals surface area contributed by atoms with Crippen molar-refractivity contribution in [1.29, 1.82) is 0 Å². The van der Waals surface area contributed by atoms with Gasteiger partial charge in [0, 0.05) is 6.07 Å². The van der Waals surface area contributed by atoms with Gasteiger partial charge < -0.3 is 5.73 Å². The summed E-state index contributed by atoms with van der Waals surface area (Å²) in [4.78, 5) is 10.8. The van der Waals surface area contributed by atoms with Crippen molar-refractivity contribution in [2.75, 3.05) is 5.73 Å². The molecule has 2 N–H and O–H groups in total. The van der Waals surface area contributed by atoms with Crippen LogP contribution in [0.25, 0.3) is 16.9 Å². The Morgan fingerprint density at radius 2 is 1.85 bits per heavy atom. The highest BCUT2D eigenvalue weighted by Gasteiger charge is 2.35. The van der Waals surface area contributed by atoms with Gasteiger partial charge in [-0.05, 0) is 12.1 Å². The van der Waals surface area contributed by atoms with Crippen LogP contribution in [0.5, 0.6) is 0 Å². The molecule has 1 aromatic carbocycles. The number of para-hydroxylation sites is 2. The summed E-state index contributed by atoms with van der Waals surface area (Å²) in [5.41, 5.74) is 6.71. The molecule has 0 saturated carbocycles. The predicted molar refractivity (Wildman–Crippen MR) is 66.1 cm³/mol. The van der Waals surface area contributed by atoms with Crippen LogP contribution in [0.2, 0.25) is 0 Å². The minimum atomic E-state index is -4.65. The first-order chi connectivity index (χ1) is 9.45. The summed E-state index contributed by atoms with van der Waals surface area (Å²) in [7, 11) is 0. The highest BCUT2D eigenvalue weighted by molar-refractivity contribution is 5.76. The summed E-state index contributed by atoms with van der Waals surface area (Å²) in [5.74, 6) is -1.50. The molecule has 0 amide bonds. The first kappa shape index (κ1) is 12.4. The van der Waals surface area contributed by atoms with Crippen LogP contribution < -0.4 is 5.73 Å². The number of imidazole rings is 1. The Bertz CT molecular complexity index is 778. The van der Waals surface area contributed by atoms with E-state index in [0.717, 1.165) is 0 Å². The van der Waals surface area contributed by atoms with Gasteiger partial charge in [0.15, 0.2) is 0 Å². The molecule has 0 aliphatic rings. The molecule has 0 aliphatic carbocycles. The Labute approximate surface area is 110 Å². The summed E-state index contributed by atoms with van der Waals surface area (Å²) >= 11 is 0. The topological polar surface area (TPSA) is 69.6 Å². The van der Waals surface area contributed by atoms with Crippen molar-refractivity contribution < 1.29 is 13.2 Å². The number of halogens is 3. The number of anilines is 1. The van der Waals surface area contributed by atoms with Crippen molar-refractivity contribution in [2.24, 2.45) is 0 Å². The highest BCUT2D eigenvalue weighted by Crippen LogP contribution is 2.28. The molecule has 102 valence electrons. The zero-order valence-corrected chi connectivity index (χ0v) is 9.96. The van der Waals surface area contributed by atoms with Gasteiger partial charge in [-0.2, -0.15) is 13.2 Å². The Morgan fingerprint density at radius 3 is 2.60 bits per heavy atom. The fourth-order valence-electron chi connectivity index (χ4n) is 1.84. The third kappa shape index (κ3) is 2.04. The second-order valence-corrected chi connectivity index (χ2v) is 4.08. The molecule has 0 spiro atoms. The lowest BCUT2D eigenvalue weighted by molar-refractivity contribution is -0.144. The minimum absolute atomic E-state index is 0.0264. The summed E-state index contributed by atoms with van der Waals surface area (Å²) in [6.45, 7) is 0. The van der Waals surface area contributed by atoms with Crippen molar-refractivity contribution in [1.82, 2.24) is 19.5 Å². The quantitative estimate of drug-likeness (QED) is 0.742. The van der Waals surface area contributed by atoms with Crippen molar-refractivity contribution in [3.05, 3.63) is 42.5 Å². The van der Waals surface area contributed by atoms with Crippen LogP contribution in [0, 0.1) is 0 Å². The highest BCUT2D eigenvalue weighted by atomic mass is 19.4.